The quantitative estimate of drug-likeness (QED) is 0.555. The zero-order chi connectivity index (χ0) is 21.2. The van der Waals surface area contributed by atoms with E-state index < -0.39 is 32.1 Å². The van der Waals surface area contributed by atoms with Crippen molar-refractivity contribution in [3.05, 3.63) is 47.8 Å². The number of hydrogen-bond donors (Lipinski definition) is 2. The third kappa shape index (κ3) is 4.73. The lowest BCUT2D eigenvalue weighted by Crippen LogP contribution is -2.46. The molecule has 0 aliphatic carbocycles. The smallest absolute Gasteiger partial charge is 0.279 e. The number of hydroxylamine groups is 2. The number of amides is 1. The predicted molar refractivity (Wildman–Crippen MR) is 101 cm³/mol. The maximum absolute atomic E-state index is 13.0. The lowest BCUT2D eigenvalue weighted by molar-refractivity contribution is -0.289. The predicted octanol–water partition coefficient (Wildman–Crippen LogP) is 2.28. The van der Waals surface area contributed by atoms with Gasteiger partial charge in [-0.3, -0.25) is 20.2 Å². The van der Waals surface area contributed by atoms with Gasteiger partial charge in [0.25, 0.3) is 5.91 Å². The van der Waals surface area contributed by atoms with Crippen molar-refractivity contribution in [1.82, 2.24) is 10.2 Å². The van der Waals surface area contributed by atoms with Crippen LogP contribution >= 0.6 is 0 Å². The fourth-order valence-electron chi connectivity index (χ4n) is 3.33. The standard InChI is InChI=1S/C19H22N2O7S/c1-12-9-15(10-13(2)20-12)28-14-3-5-16(6-4-14)29(25,26)18-7-8-27-11-17(18)19(22)21(23)24/h3-6,9-10,17-18,23-24H,7-8,11H2,1-2H3. The van der Waals surface area contributed by atoms with Crippen LogP contribution in [0.2, 0.25) is 0 Å². The van der Waals surface area contributed by atoms with Crippen LogP contribution in [0.5, 0.6) is 11.5 Å². The molecule has 0 saturated carbocycles. The van der Waals surface area contributed by atoms with Crippen molar-refractivity contribution in [2.45, 2.75) is 30.4 Å². The molecule has 2 N–H and O–H groups in total. The number of benzene rings is 1. The molecule has 2 heterocycles. The van der Waals surface area contributed by atoms with Gasteiger partial charge in [-0.25, -0.2) is 8.42 Å². The molecule has 2 atom stereocenters. The van der Waals surface area contributed by atoms with Crippen LogP contribution in [0, 0.1) is 19.8 Å². The van der Waals surface area contributed by atoms with Crippen LogP contribution < -0.4 is 4.74 Å². The fraction of sp³-hybridized carbons (Fsp3) is 0.368. The zero-order valence-corrected chi connectivity index (χ0v) is 16.8. The maximum Gasteiger partial charge on any atom is 0.279 e. The van der Waals surface area contributed by atoms with E-state index in [4.69, 9.17) is 19.9 Å². The number of aromatic nitrogens is 1. The second-order valence-corrected chi connectivity index (χ2v) is 9.01. The van der Waals surface area contributed by atoms with Crippen molar-refractivity contribution in [2.75, 3.05) is 13.2 Å². The first-order valence-electron chi connectivity index (χ1n) is 8.95. The molecule has 1 aliphatic heterocycles. The molecule has 156 valence electrons. The first kappa shape index (κ1) is 21.2. The molecule has 3 rings (SSSR count). The van der Waals surface area contributed by atoms with Crippen LogP contribution in [0.4, 0.5) is 0 Å². The van der Waals surface area contributed by atoms with Crippen LogP contribution in [0.15, 0.2) is 41.3 Å². The second kappa shape index (κ2) is 8.46. The third-order valence-electron chi connectivity index (χ3n) is 4.65. The number of hydrogen-bond acceptors (Lipinski definition) is 8. The van der Waals surface area contributed by atoms with E-state index in [2.05, 4.69) is 4.98 Å². The number of carbonyl (C=O) groups excluding carboxylic acids is 1. The summed E-state index contributed by atoms with van der Waals surface area (Å²) in [5, 5.41) is 16.3. The van der Waals surface area contributed by atoms with Gasteiger partial charge in [-0.15, -0.1) is 0 Å². The molecule has 10 heteroatoms. The molecule has 0 spiro atoms. The summed E-state index contributed by atoms with van der Waals surface area (Å²) < 4.78 is 37.0. The lowest BCUT2D eigenvalue weighted by atomic mass is 10.0. The van der Waals surface area contributed by atoms with Gasteiger partial charge in [-0.2, -0.15) is 0 Å². The Labute approximate surface area is 168 Å². The van der Waals surface area contributed by atoms with Gasteiger partial charge in [0.2, 0.25) is 0 Å². The van der Waals surface area contributed by atoms with Crippen LogP contribution in [-0.4, -0.2) is 53.4 Å². The largest absolute Gasteiger partial charge is 0.457 e. The highest BCUT2D eigenvalue weighted by atomic mass is 32.2. The molecule has 1 aliphatic rings. The van der Waals surface area contributed by atoms with Gasteiger partial charge < -0.3 is 9.47 Å². The molecule has 1 aromatic heterocycles. The Balaban J connectivity index is 1.82. The van der Waals surface area contributed by atoms with Crippen molar-refractivity contribution >= 4 is 15.7 Å². The highest BCUT2D eigenvalue weighted by Gasteiger charge is 2.42. The van der Waals surface area contributed by atoms with E-state index in [0.717, 1.165) is 11.4 Å². The number of aryl methyl sites for hydroxylation is 2. The molecule has 9 nitrogen and oxygen atoms in total. The number of pyridine rings is 1. The van der Waals surface area contributed by atoms with Crippen LogP contribution in [-0.2, 0) is 19.4 Å². The van der Waals surface area contributed by atoms with Crippen molar-refractivity contribution in [2.24, 2.45) is 5.92 Å². The maximum atomic E-state index is 13.0. The zero-order valence-electron chi connectivity index (χ0n) is 16.0. The normalized spacial score (nSPS) is 19.6. The van der Waals surface area contributed by atoms with Gasteiger partial charge in [0.05, 0.1) is 22.7 Å². The van der Waals surface area contributed by atoms with Crippen LogP contribution in [0.1, 0.15) is 17.8 Å². The van der Waals surface area contributed by atoms with E-state index >= 15 is 0 Å². The Morgan fingerprint density at radius 1 is 1.14 bits per heavy atom. The van der Waals surface area contributed by atoms with E-state index in [1.54, 1.807) is 12.1 Å². The highest BCUT2D eigenvalue weighted by molar-refractivity contribution is 7.92. The Hall–Kier alpha value is -2.53. The Morgan fingerprint density at radius 2 is 1.76 bits per heavy atom. The molecule has 0 radical (unpaired) electrons. The Morgan fingerprint density at radius 3 is 2.34 bits per heavy atom. The van der Waals surface area contributed by atoms with Gasteiger partial charge in [-0.05, 0) is 44.5 Å². The average Bonchev–Trinajstić information content (AvgIpc) is 2.67. The van der Waals surface area contributed by atoms with Gasteiger partial charge in [0, 0.05) is 30.1 Å². The number of ether oxygens (including phenoxy) is 2. The van der Waals surface area contributed by atoms with Crippen molar-refractivity contribution in [1.29, 1.82) is 0 Å². The lowest BCUT2D eigenvalue weighted by Gasteiger charge is -2.30. The number of rotatable bonds is 5. The summed E-state index contributed by atoms with van der Waals surface area (Å²) in [6.45, 7) is 3.65. The summed E-state index contributed by atoms with van der Waals surface area (Å²) in [4.78, 5) is 16.2. The number of nitrogens with zero attached hydrogens (tertiary/aromatic N) is 2. The third-order valence-corrected chi connectivity index (χ3v) is 6.94. The summed E-state index contributed by atoms with van der Waals surface area (Å²) in [6, 6.07) is 9.39. The summed E-state index contributed by atoms with van der Waals surface area (Å²) in [6.07, 6.45) is 0.0698. The van der Waals surface area contributed by atoms with E-state index in [9.17, 15) is 13.2 Å². The number of sulfone groups is 1. The molecular formula is C19H22N2O7S. The molecular weight excluding hydrogens is 400 g/mol. The van der Waals surface area contributed by atoms with Gasteiger partial charge >= 0.3 is 0 Å². The monoisotopic (exact) mass is 422 g/mol. The molecule has 2 aromatic rings. The summed E-state index contributed by atoms with van der Waals surface area (Å²) >= 11 is 0. The molecule has 0 bridgehead atoms. The first-order valence-corrected chi connectivity index (χ1v) is 10.5. The first-order chi connectivity index (χ1) is 13.7. The van der Waals surface area contributed by atoms with E-state index in [-0.39, 0.29) is 24.5 Å². The minimum absolute atomic E-state index is 0.0130. The number of carbonyl (C=O) groups is 1. The summed E-state index contributed by atoms with van der Waals surface area (Å²) in [5.74, 6) is -1.29. The highest BCUT2D eigenvalue weighted by Crippen LogP contribution is 2.30. The average molecular weight is 422 g/mol. The second-order valence-electron chi connectivity index (χ2n) is 6.84. The fourth-order valence-corrected chi connectivity index (χ4v) is 5.23. The molecule has 29 heavy (non-hydrogen) atoms. The topological polar surface area (TPSA) is 126 Å². The van der Waals surface area contributed by atoms with Gasteiger partial charge in [0.15, 0.2) is 9.84 Å². The van der Waals surface area contributed by atoms with Gasteiger partial charge in [0.1, 0.15) is 11.5 Å². The molecule has 1 saturated heterocycles. The van der Waals surface area contributed by atoms with E-state index in [1.807, 2.05) is 13.8 Å². The van der Waals surface area contributed by atoms with Crippen molar-refractivity contribution in [3.63, 3.8) is 0 Å². The molecule has 1 amide bonds. The molecule has 1 aromatic carbocycles. The van der Waals surface area contributed by atoms with E-state index in [1.165, 1.54) is 24.3 Å². The van der Waals surface area contributed by atoms with Gasteiger partial charge in [-0.1, -0.05) is 5.23 Å². The van der Waals surface area contributed by atoms with Crippen molar-refractivity contribution in [3.8, 4) is 11.5 Å². The Bertz CT molecular complexity index is 970. The Kier molecular flexibility index (Phi) is 6.18. The van der Waals surface area contributed by atoms with Crippen LogP contribution in [0.25, 0.3) is 0 Å². The summed E-state index contributed by atoms with van der Waals surface area (Å²) in [5.41, 5.74) is 1.60. The van der Waals surface area contributed by atoms with Crippen molar-refractivity contribution < 1.29 is 33.1 Å². The minimum atomic E-state index is -3.91. The van der Waals surface area contributed by atoms with E-state index in [0.29, 0.717) is 11.5 Å². The van der Waals surface area contributed by atoms with Crippen LogP contribution in [0.3, 0.4) is 0 Å². The SMILES string of the molecule is Cc1cc(Oc2ccc(S(=O)(=O)C3CCOCC3C(=O)N(O)O)cc2)cc(C)n1. The summed E-state index contributed by atoms with van der Waals surface area (Å²) in [7, 11) is -3.91. The minimum Gasteiger partial charge on any atom is -0.457 e. The molecule has 1 fully saturated rings. The molecule has 2 unspecified atom stereocenters.